The number of hydrogen-bond donors (Lipinski definition) is 3. The van der Waals surface area contributed by atoms with Crippen LogP contribution in [0, 0.1) is 0 Å². The minimum atomic E-state index is -0.555. The van der Waals surface area contributed by atoms with E-state index in [-0.39, 0.29) is 24.8 Å². The Hall–Kier alpha value is -1.79. The van der Waals surface area contributed by atoms with Crippen molar-refractivity contribution in [1.29, 1.82) is 0 Å². The number of nitrogens with one attached hydrogen (secondary N) is 2. The molecule has 102 valence electrons. The van der Waals surface area contributed by atoms with Gasteiger partial charge in [0.1, 0.15) is 6.04 Å². The number of nitrogens with zero attached hydrogens (tertiary/aromatic N) is 3. The van der Waals surface area contributed by atoms with Crippen molar-refractivity contribution in [3.63, 3.8) is 0 Å². The molecule has 0 heterocycles. The summed E-state index contributed by atoms with van der Waals surface area (Å²) in [6, 6.07) is -0.555. The molecule has 0 fully saturated rings. The van der Waals surface area contributed by atoms with E-state index in [2.05, 4.69) is 20.7 Å². The van der Waals surface area contributed by atoms with Crippen molar-refractivity contribution in [2.75, 3.05) is 20.1 Å². The summed E-state index contributed by atoms with van der Waals surface area (Å²) < 4.78 is 0. The third kappa shape index (κ3) is 7.48. The molecule has 0 aliphatic carbocycles. The van der Waals surface area contributed by atoms with E-state index in [9.17, 15) is 9.59 Å². The van der Waals surface area contributed by atoms with Gasteiger partial charge in [0.15, 0.2) is 0 Å². The second-order valence-electron chi connectivity index (χ2n) is 3.72. The molecule has 0 aromatic carbocycles. The van der Waals surface area contributed by atoms with Gasteiger partial charge >= 0.3 is 0 Å². The summed E-state index contributed by atoms with van der Waals surface area (Å²) in [4.78, 5) is 25.6. The number of carbonyl (C=O) groups is 2. The molecule has 0 unspecified atom stereocenters. The first-order chi connectivity index (χ1) is 8.65. The van der Waals surface area contributed by atoms with Crippen LogP contribution in [0.5, 0.6) is 0 Å². The molecule has 0 bridgehead atoms. The van der Waals surface area contributed by atoms with E-state index >= 15 is 0 Å². The number of rotatable bonds is 9. The number of amides is 2. The topological polar surface area (TPSA) is 133 Å². The summed E-state index contributed by atoms with van der Waals surface area (Å²) in [5.74, 6) is -0.534. The molecule has 0 aliphatic heterocycles. The highest BCUT2D eigenvalue weighted by Crippen LogP contribution is 2.01. The Morgan fingerprint density at radius 1 is 1.44 bits per heavy atom. The summed E-state index contributed by atoms with van der Waals surface area (Å²) in [5.41, 5.74) is 13.5. The summed E-state index contributed by atoms with van der Waals surface area (Å²) in [5, 5.41) is 8.37. The van der Waals surface area contributed by atoms with Crippen LogP contribution in [-0.2, 0) is 9.59 Å². The molecule has 0 aliphatic rings. The molecule has 2 amide bonds. The fraction of sp³-hybridized carbons (Fsp3) is 0.800. The molecule has 1 atom stereocenters. The predicted molar refractivity (Wildman–Crippen MR) is 67.5 cm³/mol. The number of likely N-dealkylation sites (N-methyl/N-ethyl adjacent to an activating group) is 1. The fourth-order valence-electron chi connectivity index (χ4n) is 1.40. The largest absolute Gasteiger partial charge is 0.357 e. The first-order valence-electron chi connectivity index (χ1n) is 5.87. The van der Waals surface area contributed by atoms with Gasteiger partial charge in [-0.15, -0.1) is 0 Å². The van der Waals surface area contributed by atoms with Gasteiger partial charge in [-0.05, 0) is 31.3 Å². The molecule has 0 saturated heterocycles. The average Bonchev–Trinajstić information content (AvgIpc) is 2.37. The third-order valence-electron chi connectivity index (χ3n) is 2.35. The Balaban J connectivity index is 4.17. The second-order valence-corrected chi connectivity index (χ2v) is 3.72. The highest BCUT2D eigenvalue weighted by molar-refractivity contribution is 5.87. The summed E-state index contributed by atoms with van der Waals surface area (Å²) in [6.45, 7) is 0.650. The Morgan fingerprint density at radius 2 is 2.17 bits per heavy atom. The van der Waals surface area contributed by atoms with Gasteiger partial charge in [0.25, 0.3) is 0 Å². The zero-order valence-electron chi connectivity index (χ0n) is 10.6. The van der Waals surface area contributed by atoms with Crippen molar-refractivity contribution in [2.45, 2.75) is 31.7 Å². The van der Waals surface area contributed by atoms with Gasteiger partial charge in [-0.2, -0.15) is 0 Å². The quantitative estimate of drug-likeness (QED) is 0.233. The average molecular weight is 256 g/mol. The SMILES string of the molecule is CNC(=O)[C@H](CCCCN)NC(=O)CCN=[N+]=[N-]. The number of nitrogens with two attached hydrogens (primary N) is 1. The Morgan fingerprint density at radius 3 is 2.72 bits per heavy atom. The van der Waals surface area contributed by atoms with Crippen LogP contribution < -0.4 is 16.4 Å². The molecule has 8 heteroatoms. The van der Waals surface area contributed by atoms with Crippen LogP contribution in [0.15, 0.2) is 5.11 Å². The van der Waals surface area contributed by atoms with E-state index < -0.39 is 6.04 Å². The second kappa shape index (κ2) is 10.4. The highest BCUT2D eigenvalue weighted by Gasteiger charge is 2.18. The fourth-order valence-corrected chi connectivity index (χ4v) is 1.40. The maximum Gasteiger partial charge on any atom is 0.242 e. The lowest BCUT2D eigenvalue weighted by atomic mass is 10.1. The van der Waals surface area contributed by atoms with Gasteiger partial charge in [-0.25, -0.2) is 0 Å². The zero-order valence-corrected chi connectivity index (χ0v) is 10.6. The van der Waals surface area contributed by atoms with Crippen LogP contribution in [0.25, 0.3) is 10.4 Å². The first kappa shape index (κ1) is 16.2. The van der Waals surface area contributed by atoms with E-state index in [1.165, 1.54) is 7.05 Å². The van der Waals surface area contributed by atoms with E-state index in [4.69, 9.17) is 11.3 Å². The molecule has 0 aromatic heterocycles. The number of hydrogen-bond acceptors (Lipinski definition) is 4. The minimum absolute atomic E-state index is 0.0778. The van der Waals surface area contributed by atoms with Crippen molar-refractivity contribution in [3.05, 3.63) is 10.4 Å². The summed E-state index contributed by atoms with van der Waals surface area (Å²) in [6.07, 6.45) is 2.20. The molecule has 0 rings (SSSR count). The van der Waals surface area contributed by atoms with Crippen LogP contribution in [0.1, 0.15) is 25.7 Å². The third-order valence-corrected chi connectivity index (χ3v) is 2.35. The molecule has 0 saturated carbocycles. The standard InChI is InChI=1S/C10H20N6O2/c1-13-10(18)8(4-2-3-6-11)15-9(17)5-7-14-16-12/h8H,2-7,11H2,1H3,(H,13,18)(H,15,17)/t8-/m0/s1. The van der Waals surface area contributed by atoms with Crippen molar-refractivity contribution in [2.24, 2.45) is 10.8 Å². The minimum Gasteiger partial charge on any atom is -0.357 e. The van der Waals surface area contributed by atoms with Crippen molar-refractivity contribution in [1.82, 2.24) is 10.6 Å². The van der Waals surface area contributed by atoms with Gasteiger partial charge in [0.05, 0.1) is 0 Å². The normalized spacial score (nSPS) is 11.2. The lowest BCUT2D eigenvalue weighted by Crippen LogP contribution is -2.45. The molecule has 0 spiro atoms. The van der Waals surface area contributed by atoms with Crippen LogP contribution in [0.4, 0.5) is 0 Å². The maximum atomic E-state index is 11.5. The van der Waals surface area contributed by atoms with E-state index in [1.54, 1.807) is 0 Å². The van der Waals surface area contributed by atoms with Gasteiger partial charge in [-0.3, -0.25) is 9.59 Å². The monoisotopic (exact) mass is 256 g/mol. The number of unbranched alkanes of at least 4 members (excludes halogenated alkanes) is 1. The summed E-state index contributed by atoms with van der Waals surface area (Å²) >= 11 is 0. The van der Waals surface area contributed by atoms with Crippen LogP contribution >= 0.6 is 0 Å². The van der Waals surface area contributed by atoms with Gasteiger partial charge < -0.3 is 16.4 Å². The van der Waals surface area contributed by atoms with Gasteiger partial charge in [0, 0.05) is 24.9 Å². The molecule has 8 nitrogen and oxygen atoms in total. The predicted octanol–water partition coefficient (Wildman–Crippen LogP) is 0.0466. The lowest BCUT2D eigenvalue weighted by molar-refractivity contribution is -0.128. The summed E-state index contributed by atoms with van der Waals surface area (Å²) in [7, 11) is 1.52. The maximum absolute atomic E-state index is 11.5. The molecule has 18 heavy (non-hydrogen) atoms. The van der Waals surface area contributed by atoms with E-state index in [0.29, 0.717) is 13.0 Å². The number of azide groups is 1. The van der Waals surface area contributed by atoms with Crippen LogP contribution in [-0.4, -0.2) is 38.0 Å². The van der Waals surface area contributed by atoms with Gasteiger partial charge in [-0.1, -0.05) is 5.11 Å². The van der Waals surface area contributed by atoms with Crippen LogP contribution in [0.3, 0.4) is 0 Å². The Kier molecular flexibility index (Phi) is 9.34. The Bertz CT molecular complexity index is 313. The highest BCUT2D eigenvalue weighted by atomic mass is 16.2. The van der Waals surface area contributed by atoms with E-state index in [0.717, 1.165) is 12.8 Å². The molecule has 0 aromatic rings. The molecule has 4 N–H and O–H groups in total. The lowest BCUT2D eigenvalue weighted by Gasteiger charge is -2.16. The smallest absolute Gasteiger partial charge is 0.242 e. The number of carbonyl (C=O) groups excluding carboxylic acids is 2. The first-order valence-corrected chi connectivity index (χ1v) is 5.87. The molecular formula is C10H20N6O2. The van der Waals surface area contributed by atoms with Gasteiger partial charge in [0.2, 0.25) is 11.8 Å². The molecule has 0 radical (unpaired) electrons. The Labute approximate surface area is 106 Å². The van der Waals surface area contributed by atoms with Crippen molar-refractivity contribution < 1.29 is 9.59 Å². The molecular weight excluding hydrogens is 236 g/mol. The zero-order chi connectivity index (χ0) is 13.8. The van der Waals surface area contributed by atoms with Crippen molar-refractivity contribution >= 4 is 11.8 Å². The van der Waals surface area contributed by atoms with Crippen LogP contribution in [0.2, 0.25) is 0 Å². The van der Waals surface area contributed by atoms with Crippen molar-refractivity contribution in [3.8, 4) is 0 Å². The van der Waals surface area contributed by atoms with E-state index in [1.807, 2.05) is 0 Å².